The number of rotatable bonds is 4. The molecular weight excluding hydrogens is 269 g/mol. The van der Waals surface area contributed by atoms with Gasteiger partial charge in [-0.2, -0.15) is 0 Å². The Kier molecular flexibility index (Phi) is 4.25. The van der Waals surface area contributed by atoms with Crippen molar-refractivity contribution in [2.24, 2.45) is 0 Å². The van der Waals surface area contributed by atoms with Gasteiger partial charge in [0.25, 0.3) is 0 Å². The molecule has 0 amide bonds. The highest BCUT2D eigenvalue weighted by atomic mass is 35.5. The van der Waals surface area contributed by atoms with Crippen molar-refractivity contribution < 1.29 is 4.39 Å². The van der Waals surface area contributed by atoms with Gasteiger partial charge in [-0.3, -0.25) is 0 Å². The van der Waals surface area contributed by atoms with Gasteiger partial charge in [-0.15, -0.1) is 11.3 Å². The van der Waals surface area contributed by atoms with E-state index >= 15 is 0 Å². The Morgan fingerprint density at radius 2 is 2.11 bits per heavy atom. The van der Waals surface area contributed by atoms with Crippen molar-refractivity contribution in [2.75, 3.05) is 5.32 Å². The van der Waals surface area contributed by atoms with Crippen LogP contribution in [0.25, 0.3) is 0 Å². The lowest BCUT2D eigenvalue weighted by Gasteiger charge is -2.15. The molecule has 0 bridgehead atoms. The summed E-state index contributed by atoms with van der Waals surface area (Å²) in [6.07, 6.45) is 1.05. The number of nitrogens with one attached hydrogen (secondary N) is 1. The van der Waals surface area contributed by atoms with Gasteiger partial charge in [0, 0.05) is 9.75 Å². The molecule has 0 saturated carbocycles. The van der Waals surface area contributed by atoms with Gasteiger partial charge in [-0.1, -0.05) is 18.5 Å². The number of halogens is 2. The van der Waals surface area contributed by atoms with Crippen LogP contribution in [0.15, 0.2) is 30.3 Å². The minimum atomic E-state index is -0.317. The fourth-order valence-corrected chi connectivity index (χ4v) is 2.90. The molecule has 1 aromatic carbocycles. The van der Waals surface area contributed by atoms with E-state index in [9.17, 15) is 4.39 Å². The minimum Gasteiger partial charge on any atom is -0.376 e. The van der Waals surface area contributed by atoms with Gasteiger partial charge in [-0.25, -0.2) is 4.39 Å². The lowest BCUT2D eigenvalue weighted by molar-refractivity contribution is 0.628. The summed E-state index contributed by atoms with van der Waals surface area (Å²) in [4.78, 5) is 2.62. The van der Waals surface area contributed by atoms with Gasteiger partial charge in [0.05, 0.1) is 16.8 Å². The summed E-state index contributed by atoms with van der Waals surface area (Å²) in [6, 6.07) is 8.83. The molecule has 0 fully saturated rings. The maximum atomic E-state index is 12.9. The molecule has 0 aliphatic heterocycles. The van der Waals surface area contributed by atoms with Crippen LogP contribution in [0.4, 0.5) is 10.1 Å². The van der Waals surface area contributed by atoms with E-state index in [4.69, 9.17) is 11.6 Å². The van der Waals surface area contributed by atoms with Crippen LogP contribution in [0.2, 0.25) is 5.02 Å². The highest BCUT2D eigenvalue weighted by molar-refractivity contribution is 7.12. The first-order chi connectivity index (χ1) is 8.60. The van der Waals surface area contributed by atoms with E-state index in [1.807, 2.05) is 0 Å². The highest BCUT2D eigenvalue weighted by Gasteiger charge is 2.10. The van der Waals surface area contributed by atoms with E-state index in [1.54, 1.807) is 17.4 Å². The van der Waals surface area contributed by atoms with Crippen molar-refractivity contribution in [1.82, 2.24) is 0 Å². The molecule has 1 heterocycles. The number of hydrogen-bond acceptors (Lipinski definition) is 2. The number of aryl methyl sites for hydroxylation is 1. The van der Waals surface area contributed by atoms with Crippen molar-refractivity contribution in [1.29, 1.82) is 0 Å². The van der Waals surface area contributed by atoms with Crippen LogP contribution in [0.1, 0.15) is 29.6 Å². The molecule has 0 aliphatic carbocycles. The molecule has 0 radical (unpaired) electrons. The molecule has 0 spiro atoms. The molecule has 4 heteroatoms. The summed E-state index contributed by atoms with van der Waals surface area (Å²) < 4.78 is 12.9. The van der Waals surface area contributed by atoms with E-state index in [0.29, 0.717) is 5.02 Å². The average molecular weight is 284 g/mol. The van der Waals surface area contributed by atoms with Gasteiger partial charge < -0.3 is 5.32 Å². The average Bonchev–Trinajstić information content (AvgIpc) is 2.81. The highest BCUT2D eigenvalue weighted by Crippen LogP contribution is 2.30. The van der Waals surface area contributed by atoms with Crippen molar-refractivity contribution in [3.8, 4) is 0 Å². The Hall–Kier alpha value is -1.06. The normalized spacial score (nSPS) is 12.4. The summed E-state index contributed by atoms with van der Waals surface area (Å²) in [5.41, 5.74) is 0.761. The van der Waals surface area contributed by atoms with Crippen LogP contribution >= 0.6 is 22.9 Å². The number of anilines is 1. The molecule has 1 aromatic heterocycles. The molecule has 18 heavy (non-hydrogen) atoms. The van der Waals surface area contributed by atoms with Crippen LogP contribution in [0, 0.1) is 5.82 Å². The predicted molar refractivity (Wildman–Crippen MR) is 77.1 cm³/mol. The van der Waals surface area contributed by atoms with Crippen LogP contribution in [-0.2, 0) is 6.42 Å². The third-order valence-electron chi connectivity index (χ3n) is 2.76. The Balaban J connectivity index is 2.13. The topological polar surface area (TPSA) is 12.0 Å². The molecule has 1 atom stereocenters. The summed E-state index contributed by atoms with van der Waals surface area (Å²) in [7, 11) is 0. The zero-order valence-corrected chi connectivity index (χ0v) is 11.9. The molecule has 2 aromatic rings. The molecule has 1 nitrogen and oxygen atoms in total. The molecule has 96 valence electrons. The van der Waals surface area contributed by atoms with Crippen LogP contribution < -0.4 is 5.32 Å². The van der Waals surface area contributed by atoms with Gasteiger partial charge in [-0.05, 0) is 43.7 Å². The summed E-state index contributed by atoms with van der Waals surface area (Å²) in [6.45, 7) is 4.22. The quantitative estimate of drug-likeness (QED) is 0.805. The monoisotopic (exact) mass is 283 g/mol. The van der Waals surface area contributed by atoms with E-state index in [2.05, 4.69) is 31.3 Å². The second kappa shape index (κ2) is 5.72. The SMILES string of the molecule is CCc1ccc(C(C)Nc2ccc(F)cc2Cl)s1. The maximum absolute atomic E-state index is 12.9. The first-order valence-electron chi connectivity index (χ1n) is 5.90. The minimum absolute atomic E-state index is 0.165. The number of benzene rings is 1. The van der Waals surface area contributed by atoms with Gasteiger partial charge >= 0.3 is 0 Å². The fraction of sp³-hybridized carbons (Fsp3) is 0.286. The van der Waals surface area contributed by atoms with E-state index < -0.39 is 0 Å². The molecule has 2 rings (SSSR count). The van der Waals surface area contributed by atoms with Crippen LogP contribution in [-0.4, -0.2) is 0 Å². The Labute approximate surface area is 116 Å². The lowest BCUT2D eigenvalue weighted by Crippen LogP contribution is -2.05. The Morgan fingerprint density at radius 1 is 1.33 bits per heavy atom. The molecule has 1 N–H and O–H groups in total. The van der Waals surface area contributed by atoms with Crippen molar-refractivity contribution in [2.45, 2.75) is 26.3 Å². The summed E-state index contributed by atoms with van der Waals surface area (Å²) in [5.74, 6) is -0.317. The molecule has 0 aliphatic rings. The first kappa shape index (κ1) is 13.4. The third kappa shape index (κ3) is 3.03. The Bertz CT molecular complexity index is 538. The zero-order chi connectivity index (χ0) is 13.1. The Morgan fingerprint density at radius 3 is 2.72 bits per heavy atom. The van der Waals surface area contributed by atoms with Crippen LogP contribution in [0.3, 0.4) is 0 Å². The molecule has 0 saturated heterocycles. The molecule has 1 unspecified atom stereocenters. The fourth-order valence-electron chi connectivity index (χ4n) is 1.73. The van der Waals surface area contributed by atoms with E-state index in [0.717, 1.165) is 12.1 Å². The van der Waals surface area contributed by atoms with Crippen molar-refractivity contribution in [3.63, 3.8) is 0 Å². The summed E-state index contributed by atoms with van der Waals surface area (Å²) >= 11 is 7.78. The molecular formula is C14H15ClFNS. The van der Waals surface area contributed by atoms with Gasteiger partial charge in [0.1, 0.15) is 5.82 Å². The predicted octanol–water partition coefficient (Wildman–Crippen LogP) is 5.28. The van der Waals surface area contributed by atoms with E-state index in [-0.39, 0.29) is 11.9 Å². The summed E-state index contributed by atoms with van der Waals surface area (Å²) in [5, 5.41) is 3.71. The van der Waals surface area contributed by atoms with Crippen molar-refractivity contribution >= 4 is 28.6 Å². The zero-order valence-electron chi connectivity index (χ0n) is 10.3. The van der Waals surface area contributed by atoms with Crippen molar-refractivity contribution in [3.05, 3.63) is 50.9 Å². The third-order valence-corrected chi connectivity index (χ3v) is 4.49. The lowest BCUT2D eigenvalue weighted by atomic mass is 10.2. The van der Waals surface area contributed by atoms with Gasteiger partial charge in [0.2, 0.25) is 0 Å². The first-order valence-corrected chi connectivity index (χ1v) is 7.09. The largest absolute Gasteiger partial charge is 0.376 e. The second-order valence-electron chi connectivity index (χ2n) is 4.15. The maximum Gasteiger partial charge on any atom is 0.124 e. The number of thiophene rings is 1. The van der Waals surface area contributed by atoms with E-state index in [1.165, 1.54) is 21.9 Å². The standard InChI is InChI=1S/C14H15ClFNS/c1-3-11-5-7-14(18-11)9(2)17-13-6-4-10(16)8-12(13)15/h4-9,17H,3H2,1-2H3. The second-order valence-corrected chi connectivity index (χ2v) is 5.75. The van der Waals surface area contributed by atoms with Crippen LogP contribution in [0.5, 0.6) is 0 Å². The van der Waals surface area contributed by atoms with Gasteiger partial charge in [0.15, 0.2) is 0 Å². The number of hydrogen-bond donors (Lipinski definition) is 1. The smallest absolute Gasteiger partial charge is 0.124 e.